The van der Waals surface area contributed by atoms with E-state index in [2.05, 4.69) is 20.2 Å². The lowest BCUT2D eigenvalue weighted by atomic mass is 10.2. The molecule has 19 heavy (non-hydrogen) atoms. The monoisotopic (exact) mass is 261 g/mol. The summed E-state index contributed by atoms with van der Waals surface area (Å²) in [5.74, 6) is 0.613. The zero-order valence-electron chi connectivity index (χ0n) is 11.2. The Morgan fingerprint density at radius 2 is 2.00 bits per heavy atom. The van der Waals surface area contributed by atoms with Gasteiger partial charge in [-0.25, -0.2) is 4.98 Å². The average Bonchev–Trinajstić information content (AvgIpc) is 3.31. The molecule has 0 unspecified atom stereocenters. The lowest BCUT2D eigenvalue weighted by Gasteiger charge is -2.34. The molecule has 1 N–H and O–H groups in total. The van der Waals surface area contributed by atoms with Gasteiger partial charge in [0.1, 0.15) is 11.5 Å². The zero-order chi connectivity index (χ0) is 13.2. The minimum Gasteiger partial charge on any atom is -0.372 e. The molecule has 0 spiro atoms. The molecule has 1 aromatic heterocycles. The van der Waals surface area contributed by atoms with Gasteiger partial charge >= 0.3 is 0 Å². The SMILES string of the molecule is CNc1cncc(C(=O)N2CCN(C3CC3)CC2)n1. The van der Waals surface area contributed by atoms with E-state index in [1.165, 1.54) is 19.0 Å². The van der Waals surface area contributed by atoms with Crippen molar-refractivity contribution in [3.8, 4) is 0 Å². The molecule has 6 nitrogen and oxygen atoms in total. The highest BCUT2D eigenvalue weighted by atomic mass is 16.2. The molecule has 0 aromatic carbocycles. The van der Waals surface area contributed by atoms with Gasteiger partial charge in [-0.1, -0.05) is 0 Å². The largest absolute Gasteiger partial charge is 0.372 e. The predicted molar refractivity (Wildman–Crippen MR) is 72.1 cm³/mol. The number of nitrogens with one attached hydrogen (secondary N) is 1. The fraction of sp³-hybridized carbons (Fsp3) is 0.615. The quantitative estimate of drug-likeness (QED) is 0.855. The Labute approximate surface area is 112 Å². The second kappa shape index (κ2) is 5.13. The first-order valence-electron chi connectivity index (χ1n) is 6.81. The third kappa shape index (κ3) is 2.68. The Morgan fingerprint density at radius 3 is 2.63 bits per heavy atom. The summed E-state index contributed by atoms with van der Waals surface area (Å²) >= 11 is 0. The number of carbonyl (C=O) groups is 1. The van der Waals surface area contributed by atoms with Gasteiger partial charge < -0.3 is 10.2 Å². The topological polar surface area (TPSA) is 61.4 Å². The molecule has 1 aliphatic heterocycles. The molecule has 1 saturated heterocycles. The minimum atomic E-state index is -0.0138. The molecule has 1 aromatic rings. The van der Waals surface area contributed by atoms with Crippen LogP contribution in [0.3, 0.4) is 0 Å². The maximum atomic E-state index is 12.3. The normalized spacial score (nSPS) is 20.4. The minimum absolute atomic E-state index is 0.0138. The van der Waals surface area contributed by atoms with E-state index >= 15 is 0 Å². The summed E-state index contributed by atoms with van der Waals surface area (Å²) in [7, 11) is 1.77. The first kappa shape index (κ1) is 12.3. The molecule has 2 heterocycles. The van der Waals surface area contributed by atoms with Crippen LogP contribution >= 0.6 is 0 Å². The van der Waals surface area contributed by atoms with Crippen LogP contribution < -0.4 is 5.32 Å². The molecule has 0 bridgehead atoms. The number of piperazine rings is 1. The van der Waals surface area contributed by atoms with Crippen molar-refractivity contribution in [2.24, 2.45) is 0 Å². The molecule has 6 heteroatoms. The van der Waals surface area contributed by atoms with Gasteiger partial charge in [-0.05, 0) is 12.8 Å². The number of hydrogen-bond donors (Lipinski definition) is 1. The molecular formula is C13H19N5O. The second-order valence-corrected chi connectivity index (χ2v) is 5.10. The highest BCUT2D eigenvalue weighted by molar-refractivity contribution is 5.92. The van der Waals surface area contributed by atoms with Crippen LogP contribution in [-0.2, 0) is 0 Å². The van der Waals surface area contributed by atoms with Gasteiger partial charge in [0.25, 0.3) is 5.91 Å². The van der Waals surface area contributed by atoms with Gasteiger partial charge in [0.15, 0.2) is 0 Å². The van der Waals surface area contributed by atoms with Gasteiger partial charge in [-0.2, -0.15) is 0 Å². The number of rotatable bonds is 3. The molecule has 2 fully saturated rings. The van der Waals surface area contributed by atoms with Crippen molar-refractivity contribution in [2.75, 3.05) is 38.5 Å². The molecule has 0 atom stereocenters. The summed E-state index contributed by atoms with van der Waals surface area (Å²) < 4.78 is 0. The Morgan fingerprint density at radius 1 is 1.26 bits per heavy atom. The van der Waals surface area contributed by atoms with Crippen molar-refractivity contribution in [3.05, 3.63) is 18.1 Å². The van der Waals surface area contributed by atoms with Crippen LogP contribution in [0.15, 0.2) is 12.4 Å². The van der Waals surface area contributed by atoms with Crippen LogP contribution in [0.4, 0.5) is 5.82 Å². The van der Waals surface area contributed by atoms with E-state index in [0.29, 0.717) is 11.5 Å². The smallest absolute Gasteiger partial charge is 0.274 e. The summed E-state index contributed by atoms with van der Waals surface area (Å²) in [5, 5.41) is 2.90. The third-order valence-corrected chi connectivity index (χ3v) is 3.77. The van der Waals surface area contributed by atoms with Crippen LogP contribution in [0.5, 0.6) is 0 Å². The van der Waals surface area contributed by atoms with Gasteiger partial charge in [0.2, 0.25) is 0 Å². The molecule has 1 aliphatic carbocycles. The lowest BCUT2D eigenvalue weighted by molar-refractivity contribution is 0.0621. The standard InChI is InChI=1S/C13H19N5O/c1-14-12-9-15-8-11(16-12)13(19)18-6-4-17(5-7-18)10-2-3-10/h8-10H,2-7H2,1H3,(H,14,16). The Kier molecular flexibility index (Phi) is 3.33. The molecule has 2 aliphatic rings. The maximum absolute atomic E-state index is 12.3. The molecular weight excluding hydrogens is 242 g/mol. The number of carbonyl (C=O) groups excluding carboxylic acids is 1. The van der Waals surface area contributed by atoms with Crippen molar-refractivity contribution in [3.63, 3.8) is 0 Å². The van der Waals surface area contributed by atoms with Crippen LogP contribution in [-0.4, -0.2) is 64.9 Å². The third-order valence-electron chi connectivity index (χ3n) is 3.77. The van der Waals surface area contributed by atoms with E-state index in [1.807, 2.05) is 4.90 Å². The predicted octanol–water partition coefficient (Wildman–Crippen LogP) is 0.438. The van der Waals surface area contributed by atoms with Crippen LogP contribution in [0.1, 0.15) is 23.3 Å². The summed E-state index contributed by atoms with van der Waals surface area (Å²) in [5.41, 5.74) is 0.423. The van der Waals surface area contributed by atoms with Crippen molar-refractivity contribution in [1.29, 1.82) is 0 Å². The van der Waals surface area contributed by atoms with Crippen LogP contribution in [0, 0.1) is 0 Å². The Balaban J connectivity index is 1.63. The number of nitrogens with zero attached hydrogens (tertiary/aromatic N) is 4. The van der Waals surface area contributed by atoms with Crippen molar-refractivity contribution in [2.45, 2.75) is 18.9 Å². The Hall–Kier alpha value is -1.69. The zero-order valence-corrected chi connectivity index (χ0v) is 11.2. The van der Waals surface area contributed by atoms with Crippen LogP contribution in [0.25, 0.3) is 0 Å². The number of aromatic nitrogens is 2. The Bertz CT molecular complexity index is 466. The van der Waals surface area contributed by atoms with Gasteiger partial charge in [0, 0.05) is 39.3 Å². The fourth-order valence-electron chi connectivity index (χ4n) is 2.48. The summed E-state index contributed by atoms with van der Waals surface area (Å²) in [6.07, 6.45) is 5.80. The average molecular weight is 261 g/mol. The summed E-state index contributed by atoms with van der Waals surface area (Å²) in [6.45, 7) is 3.55. The van der Waals surface area contributed by atoms with E-state index in [9.17, 15) is 4.79 Å². The molecule has 102 valence electrons. The van der Waals surface area contributed by atoms with Crippen LogP contribution in [0.2, 0.25) is 0 Å². The molecule has 3 rings (SSSR count). The first-order valence-corrected chi connectivity index (χ1v) is 6.81. The number of hydrogen-bond acceptors (Lipinski definition) is 5. The van der Waals surface area contributed by atoms with E-state index in [4.69, 9.17) is 0 Å². The van der Waals surface area contributed by atoms with Crippen molar-refractivity contribution in [1.82, 2.24) is 19.8 Å². The van der Waals surface area contributed by atoms with E-state index in [1.54, 1.807) is 13.2 Å². The van der Waals surface area contributed by atoms with E-state index in [-0.39, 0.29) is 5.91 Å². The van der Waals surface area contributed by atoms with E-state index < -0.39 is 0 Å². The fourth-order valence-corrected chi connectivity index (χ4v) is 2.48. The van der Waals surface area contributed by atoms with Gasteiger partial charge in [-0.15, -0.1) is 0 Å². The van der Waals surface area contributed by atoms with Gasteiger partial charge in [-0.3, -0.25) is 14.7 Å². The maximum Gasteiger partial charge on any atom is 0.274 e. The molecule has 0 radical (unpaired) electrons. The molecule has 1 saturated carbocycles. The van der Waals surface area contributed by atoms with E-state index in [0.717, 1.165) is 32.2 Å². The summed E-state index contributed by atoms with van der Waals surface area (Å²) in [6, 6.07) is 0.782. The van der Waals surface area contributed by atoms with Crippen molar-refractivity contribution < 1.29 is 4.79 Å². The highest BCUT2D eigenvalue weighted by Crippen LogP contribution is 2.27. The second-order valence-electron chi connectivity index (χ2n) is 5.10. The lowest BCUT2D eigenvalue weighted by Crippen LogP contribution is -2.49. The first-order chi connectivity index (χ1) is 9.28. The number of amides is 1. The van der Waals surface area contributed by atoms with Gasteiger partial charge in [0.05, 0.1) is 12.4 Å². The summed E-state index contributed by atoms with van der Waals surface area (Å²) in [4.78, 5) is 25.0. The van der Waals surface area contributed by atoms with Crippen molar-refractivity contribution >= 4 is 11.7 Å². The highest BCUT2D eigenvalue weighted by Gasteiger charge is 2.32. The number of anilines is 1. The molecule has 1 amide bonds.